The molecule has 0 amide bonds. The number of nitro groups is 1. The molecular weight excluding hydrogens is 250 g/mol. The van der Waals surface area contributed by atoms with Crippen LogP contribution in [0.25, 0.3) is 0 Å². The van der Waals surface area contributed by atoms with Crippen LogP contribution in [-0.4, -0.2) is 46.9 Å². The minimum Gasteiger partial charge on any atom is -0.394 e. The molecule has 1 aromatic rings. The summed E-state index contributed by atoms with van der Waals surface area (Å²) >= 11 is 0. The Kier molecular flexibility index (Phi) is 3.96. The van der Waals surface area contributed by atoms with Gasteiger partial charge in [0.25, 0.3) is 0 Å². The number of aromatic nitrogens is 1. The predicted octanol–water partition coefficient (Wildman–Crippen LogP) is 0.884. The van der Waals surface area contributed by atoms with Crippen molar-refractivity contribution in [1.29, 1.82) is 0 Å². The molecule has 2 unspecified atom stereocenters. The molecule has 0 saturated carbocycles. The van der Waals surface area contributed by atoms with Gasteiger partial charge in [0.1, 0.15) is 0 Å². The van der Waals surface area contributed by atoms with E-state index in [2.05, 4.69) is 4.98 Å². The molecule has 1 saturated heterocycles. The van der Waals surface area contributed by atoms with E-state index in [4.69, 9.17) is 9.84 Å². The zero-order valence-corrected chi connectivity index (χ0v) is 10.9. The van der Waals surface area contributed by atoms with Gasteiger partial charge in [-0.1, -0.05) is 0 Å². The number of aliphatic hydroxyl groups excluding tert-OH is 1. The molecule has 1 aromatic heterocycles. The van der Waals surface area contributed by atoms with E-state index in [1.165, 1.54) is 0 Å². The lowest BCUT2D eigenvalue weighted by molar-refractivity contribution is -0.385. The van der Waals surface area contributed by atoms with Crippen molar-refractivity contribution in [3.05, 3.63) is 27.9 Å². The van der Waals surface area contributed by atoms with Crippen molar-refractivity contribution in [2.24, 2.45) is 0 Å². The molecule has 1 aliphatic heterocycles. The van der Waals surface area contributed by atoms with Gasteiger partial charge in [0.05, 0.1) is 30.3 Å². The Morgan fingerprint density at radius 1 is 1.68 bits per heavy atom. The Morgan fingerprint density at radius 2 is 2.42 bits per heavy atom. The Balaban J connectivity index is 2.39. The van der Waals surface area contributed by atoms with E-state index in [1.54, 1.807) is 19.2 Å². The van der Waals surface area contributed by atoms with Crippen LogP contribution >= 0.6 is 0 Å². The first-order chi connectivity index (χ1) is 9.04. The van der Waals surface area contributed by atoms with Gasteiger partial charge in [0, 0.05) is 18.3 Å². The van der Waals surface area contributed by atoms with Crippen LogP contribution in [0.2, 0.25) is 0 Å². The highest BCUT2D eigenvalue weighted by Crippen LogP contribution is 2.31. The maximum Gasteiger partial charge on any atom is 0.314 e. The molecule has 104 valence electrons. The van der Waals surface area contributed by atoms with Gasteiger partial charge in [-0.05, 0) is 19.9 Å². The third-order valence-electron chi connectivity index (χ3n) is 3.27. The van der Waals surface area contributed by atoms with Gasteiger partial charge in [-0.15, -0.1) is 0 Å². The van der Waals surface area contributed by atoms with Crippen molar-refractivity contribution in [1.82, 2.24) is 4.98 Å². The normalized spacial score (nSPS) is 23.4. The SMILES string of the molecule is Cc1ccnc(N2CC(CO)OCC2C)c1[N+](=O)[O-]. The Bertz CT molecular complexity index is 480. The van der Waals surface area contributed by atoms with Crippen LogP contribution in [0.4, 0.5) is 11.5 Å². The Morgan fingerprint density at radius 3 is 3.05 bits per heavy atom. The number of nitrogens with zero attached hydrogens (tertiary/aromatic N) is 3. The van der Waals surface area contributed by atoms with Crippen LogP contribution in [0.1, 0.15) is 12.5 Å². The lowest BCUT2D eigenvalue weighted by atomic mass is 10.1. The van der Waals surface area contributed by atoms with E-state index in [-0.39, 0.29) is 24.4 Å². The van der Waals surface area contributed by atoms with E-state index < -0.39 is 4.92 Å². The van der Waals surface area contributed by atoms with Crippen molar-refractivity contribution in [3.63, 3.8) is 0 Å². The number of morpholine rings is 1. The Hall–Kier alpha value is -1.73. The average Bonchev–Trinajstić information content (AvgIpc) is 2.38. The van der Waals surface area contributed by atoms with Gasteiger partial charge >= 0.3 is 5.69 Å². The monoisotopic (exact) mass is 267 g/mol. The maximum absolute atomic E-state index is 11.2. The molecule has 1 aliphatic rings. The van der Waals surface area contributed by atoms with Crippen LogP contribution in [-0.2, 0) is 4.74 Å². The number of hydrogen-bond donors (Lipinski definition) is 1. The van der Waals surface area contributed by atoms with Gasteiger partial charge in [0.2, 0.25) is 5.82 Å². The number of aryl methyl sites for hydroxylation is 1. The standard InChI is InChI=1S/C12H17N3O4/c1-8-3-4-13-12(11(8)15(17)18)14-5-10(6-16)19-7-9(14)2/h3-4,9-10,16H,5-7H2,1-2H3. The first-order valence-corrected chi connectivity index (χ1v) is 6.13. The highest BCUT2D eigenvalue weighted by Gasteiger charge is 2.32. The molecule has 1 N–H and O–H groups in total. The second kappa shape index (κ2) is 5.50. The molecule has 0 aromatic carbocycles. The molecule has 0 radical (unpaired) electrons. The van der Waals surface area contributed by atoms with E-state index >= 15 is 0 Å². The van der Waals surface area contributed by atoms with Crippen molar-refractivity contribution < 1.29 is 14.8 Å². The number of pyridine rings is 1. The molecule has 0 bridgehead atoms. The molecule has 0 spiro atoms. The van der Waals surface area contributed by atoms with Gasteiger partial charge < -0.3 is 14.7 Å². The smallest absolute Gasteiger partial charge is 0.314 e. The predicted molar refractivity (Wildman–Crippen MR) is 69.3 cm³/mol. The summed E-state index contributed by atoms with van der Waals surface area (Å²) in [5, 5.41) is 20.4. The van der Waals surface area contributed by atoms with Crippen LogP contribution in [0.15, 0.2) is 12.3 Å². The van der Waals surface area contributed by atoms with E-state index in [1.807, 2.05) is 11.8 Å². The third-order valence-corrected chi connectivity index (χ3v) is 3.27. The van der Waals surface area contributed by atoms with Gasteiger partial charge in [0.15, 0.2) is 0 Å². The summed E-state index contributed by atoms with van der Waals surface area (Å²) in [5.74, 6) is 0.347. The second-order valence-electron chi connectivity index (χ2n) is 4.70. The molecule has 2 atom stereocenters. The minimum absolute atomic E-state index is 0.0178. The number of rotatable bonds is 3. The zero-order chi connectivity index (χ0) is 14.0. The Labute approximate surface area is 111 Å². The fraction of sp³-hybridized carbons (Fsp3) is 0.583. The van der Waals surface area contributed by atoms with Gasteiger partial charge in [-0.25, -0.2) is 4.98 Å². The quantitative estimate of drug-likeness (QED) is 0.646. The molecule has 0 aliphatic carbocycles. The number of ether oxygens (including phenoxy) is 1. The molecule has 2 heterocycles. The third kappa shape index (κ3) is 2.66. The second-order valence-corrected chi connectivity index (χ2v) is 4.70. The van der Waals surface area contributed by atoms with Crippen molar-refractivity contribution in [3.8, 4) is 0 Å². The lowest BCUT2D eigenvalue weighted by Crippen LogP contribution is -2.50. The fourth-order valence-electron chi connectivity index (χ4n) is 2.19. The molecule has 2 rings (SSSR count). The summed E-state index contributed by atoms with van der Waals surface area (Å²) in [5.41, 5.74) is 0.599. The van der Waals surface area contributed by atoms with Crippen molar-refractivity contribution in [2.45, 2.75) is 26.0 Å². The maximum atomic E-state index is 11.2. The summed E-state index contributed by atoms with van der Waals surface area (Å²) in [6.07, 6.45) is 1.23. The highest BCUT2D eigenvalue weighted by atomic mass is 16.6. The zero-order valence-electron chi connectivity index (χ0n) is 10.9. The number of anilines is 1. The molecular formula is C12H17N3O4. The summed E-state index contributed by atoms with van der Waals surface area (Å²) in [7, 11) is 0. The molecule has 7 nitrogen and oxygen atoms in total. The van der Waals surface area contributed by atoms with Gasteiger partial charge in [-0.2, -0.15) is 0 Å². The van der Waals surface area contributed by atoms with Gasteiger partial charge in [-0.3, -0.25) is 10.1 Å². The number of aliphatic hydroxyl groups is 1. The summed E-state index contributed by atoms with van der Waals surface area (Å²) in [4.78, 5) is 16.8. The summed E-state index contributed by atoms with van der Waals surface area (Å²) in [6, 6.07) is 1.60. The first-order valence-electron chi connectivity index (χ1n) is 6.13. The molecule has 1 fully saturated rings. The van der Waals surface area contributed by atoms with E-state index in [9.17, 15) is 10.1 Å². The van der Waals surface area contributed by atoms with E-state index in [0.29, 0.717) is 24.5 Å². The van der Waals surface area contributed by atoms with Crippen LogP contribution in [0.5, 0.6) is 0 Å². The fourth-order valence-corrected chi connectivity index (χ4v) is 2.19. The van der Waals surface area contributed by atoms with E-state index in [0.717, 1.165) is 0 Å². The highest BCUT2D eigenvalue weighted by molar-refractivity contribution is 5.62. The largest absolute Gasteiger partial charge is 0.394 e. The van der Waals surface area contributed by atoms with Crippen LogP contribution in [0.3, 0.4) is 0 Å². The van der Waals surface area contributed by atoms with Crippen molar-refractivity contribution in [2.75, 3.05) is 24.7 Å². The minimum atomic E-state index is -0.409. The summed E-state index contributed by atoms with van der Waals surface area (Å²) in [6.45, 7) is 4.31. The van der Waals surface area contributed by atoms with Crippen LogP contribution < -0.4 is 4.90 Å². The summed E-state index contributed by atoms with van der Waals surface area (Å²) < 4.78 is 5.43. The van der Waals surface area contributed by atoms with Crippen LogP contribution in [0, 0.1) is 17.0 Å². The first kappa shape index (κ1) is 13.7. The van der Waals surface area contributed by atoms with Crippen molar-refractivity contribution >= 4 is 11.5 Å². The molecule has 7 heteroatoms. The average molecular weight is 267 g/mol. The topological polar surface area (TPSA) is 88.7 Å². The lowest BCUT2D eigenvalue weighted by Gasteiger charge is -2.37. The number of hydrogen-bond acceptors (Lipinski definition) is 6. The molecule has 19 heavy (non-hydrogen) atoms.